The topological polar surface area (TPSA) is 121 Å². The number of carbonyl (C=O) groups is 3. The van der Waals surface area contributed by atoms with Gasteiger partial charge in [-0.2, -0.15) is 0 Å². The summed E-state index contributed by atoms with van der Waals surface area (Å²) in [5.74, 6) is -0.462. The highest BCUT2D eigenvalue weighted by Gasteiger charge is 2.21. The van der Waals surface area contributed by atoms with Gasteiger partial charge in [-0.05, 0) is 54.8 Å². The minimum absolute atomic E-state index is 0.0590. The summed E-state index contributed by atoms with van der Waals surface area (Å²) in [5.41, 5.74) is 9.04. The minimum Gasteiger partial charge on any atom is -0.460 e. The molecule has 0 unspecified atom stereocenters. The zero-order chi connectivity index (χ0) is 25.1. The zero-order valence-electron chi connectivity index (χ0n) is 19.6. The van der Waals surface area contributed by atoms with Crippen molar-refractivity contribution in [2.45, 2.75) is 27.1 Å². The van der Waals surface area contributed by atoms with Crippen LogP contribution in [0.4, 0.5) is 5.82 Å². The Hall–Kier alpha value is -3.66. The number of ketones is 1. The van der Waals surface area contributed by atoms with Gasteiger partial charge >= 0.3 is 5.97 Å². The molecule has 8 nitrogen and oxygen atoms in total. The van der Waals surface area contributed by atoms with Gasteiger partial charge in [0.25, 0.3) is 5.91 Å². The lowest BCUT2D eigenvalue weighted by molar-refractivity contribution is -0.143. The van der Waals surface area contributed by atoms with E-state index in [1.807, 2.05) is 37.3 Å². The first-order valence-corrected chi connectivity index (χ1v) is 11.8. The van der Waals surface area contributed by atoms with Crippen molar-refractivity contribution in [3.05, 3.63) is 69.6 Å². The number of pyridine rings is 1. The number of Topliss-reactive ketones (excluding diaryl/α,β-unsaturated/α-hetero) is 1. The molecule has 1 amide bonds. The van der Waals surface area contributed by atoms with Gasteiger partial charge < -0.3 is 20.5 Å². The molecule has 0 aliphatic carbocycles. The van der Waals surface area contributed by atoms with E-state index in [2.05, 4.69) is 10.3 Å². The molecule has 0 atom stereocenters. The maximum absolute atomic E-state index is 13.2. The van der Waals surface area contributed by atoms with Crippen molar-refractivity contribution in [1.29, 1.82) is 0 Å². The summed E-state index contributed by atoms with van der Waals surface area (Å²) in [7, 11) is 1.61. The Balaban J connectivity index is 1.66. The summed E-state index contributed by atoms with van der Waals surface area (Å²) >= 11 is 1.29. The second-order valence-electron chi connectivity index (χ2n) is 8.02. The van der Waals surface area contributed by atoms with Gasteiger partial charge in [0.1, 0.15) is 12.4 Å². The van der Waals surface area contributed by atoms with Gasteiger partial charge in [0.15, 0.2) is 5.78 Å². The molecule has 4 rings (SSSR count). The molecule has 35 heavy (non-hydrogen) atoms. The van der Waals surface area contributed by atoms with E-state index in [1.54, 1.807) is 19.2 Å². The van der Waals surface area contributed by atoms with Gasteiger partial charge in [0.05, 0.1) is 23.5 Å². The summed E-state index contributed by atoms with van der Waals surface area (Å²) in [6.07, 6.45) is 0. The molecule has 0 saturated carbocycles. The van der Waals surface area contributed by atoms with Crippen LogP contribution in [0.25, 0.3) is 21.0 Å². The lowest BCUT2D eigenvalue weighted by atomic mass is 10.0. The van der Waals surface area contributed by atoms with E-state index in [0.717, 1.165) is 32.2 Å². The number of ether oxygens (including phenoxy) is 2. The van der Waals surface area contributed by atoms with Crippen LogP contribution in [0.1, 0.15) is 43.6 Å². The number of aromatic nitrogens is 1. The maximum Gasteiger partial charge on any atom is 0.320 e. The van der Waals surface area contributed by atoms with Crippen LogP contribution in [0.5, 0.6) is 0 Å². The van der Waals surface area contributed by atoms with Crippen LogP contribution in [-0.2, 0) is 27.5 Å². The van der Waals surface area contributed by atoms with Crippen LogP contribution >= 0.6 is 11.3 Å². The number of hydrogen-bond acceptors (Lipinski definition) is 8. The Labute approximate surface area is 206 Å². The molecule has 0 bridgehead atoms. The number of rotatable bonds is 8. The quantitative estimate of drug-likeness (QED) is 0.277. The fourth-order valence-electron chi connectivity index (χ4n) is 4.01. The van der Waals surface area contributed by atoms with Gasteiger partial charge in [0.2, 0.25) is 0 Å². The van der Waals surface area contributed by atoms with Crippen LogP contribution in [0.3, 0.4) is 0 Å². The molecule has 2 aromatic heterocycles. The second kappa shape index (κ2) is 10.3. The Morgan fingerprint density at radius 1 is 1.06 bits per heavy atom. The van der Waals surface area contributed by atoms with Crippen molar-refractivity contribution in [2.75, 3.05) is 19.0 Å². The number of nitrogens with zero attached hydrogens (tertiary/aromatic N) is 1. The van der Waals surface area contributed by atoms with Gasteiger partial charge in [-0.15, -0.1) is 11.3 Å². The highest BCUT2D eigenvalue weighted by molar-refractivity contribution is 7.21. The van der Waals surface area contributed by atoms with Crippen LogP contribution in [0, 0.1) is 6.92 Å². The predicted molar refractivity (Wildman–Crippen MR) is 136 cm³/mol. The van der Waals surface area contributed by atoms with E-state index in [4.69, 9.17) is 15.2 Å². The number of nitrogens with two attached hydrogens (primary N) is 1. The largest absolute Gasteiger partial charge is 0.460 e. The third-order valence-corrected chi connectivity index (χ3v) is 6.99. The first-order valence-electron chi connectivity index (χ1n) is 10.9. The molecule has 9 heteroatoms. The Bertz CT molecular complexity index is 1460. The number of nitrogens with one attached hydrogen (secondary N) is 1. The van der Waals surface area contributed by atoms with Crippen LogP contribution in [0.15, 0.2) is 42.5 Å². The average molecular weight is 492 g/mol. The molecule has 0 aliphatic heterocycles. The lowest BCUT2D eigenvalue weighted by Gasteiger charge is -2.09. The monoisotopic (exact) mass is 491 g/mol. The van der Waals surface area contributed by atoms with Crippen molar-refractivity contribution >= 4 is 55.8 Å². The predicted octanol–water partition coefficient (Wildman–Crippen LogP) is 4.36. The molecule has 0 radical (unpaired) electrons. The summed E-state index contributed by atoms with van der Waals surface area (Å²) in [5, 5.41) is 4.56. The first-order chi connectivity index (χ1) is 16.8. The molecular weight excluding hydrogens is 466 g/mol. The van der Waals surface area contributed by atoms with Crippen molar-refractivity contribution in [1.82, 2.24) is 4.98 Å². The Kier molecular flexibility index (Phi) is 7.20. The molecule has 3 N–H and O–H groups in total. The van der Waals surface area contributed by atoms with Crippen molar-refractivity contribution in [2.24, 2.45) is 5.73 Å². The van der Waals surface area contributed by atoms with Gasteiger partial charge in [-0.1, -0.05) is 18.2 Å². The first kappa shape index (κ1) is 24.5. The number of amides is 1. The summed E-state index contributed by atoms with van der Waals surface area (Å²) in [4.78, 5) is 41.9. The van der Waals surface area contributed by atoms with Crippen LogP contribution < -0.4 is 11.1 Å². The number of fused-ring (bicyclic) bond motifs is 2. The number of anilines is 1. The van der Waals surface area contributed by atoms with E-state index >= 15 is 0 Å². The number of carbonyl (C=O) groups excluding carboxylic acids is 3. The highest BCUT2D eigenvalue weighted by atomic mass is 32.1. The number of aryl methyl sites for hydroxylation is 1. The van der Waals surface area contributed by atoms with Crippen LogP contribution in [0.2, 0.25) is 0 Å². The van der Waals surface area contributed by atoms with Crippen molar-refractivity contribution in [3.63, 3.8) is 0 Å². The number of benzene rings is 2. The maximum atomic E-state index is 13.2. The third-order valence-electron chi connectivity index (χ3n) is 5.67. The third kappa shape index (κ3) is 4.93. The molecule has 2 heterocycles. The molecule has 4 aromatic rings. The SMILES string of the molecule is COCc1ccc(C(C)=O)c2sc(C(=O)Nc3ccc4c(COC(=O)CN)cccc4n3)c(C)c12. The number of thiophene rings is 1. The van der Waals surface area contributed by atoms with Crippen LogP contribution in [-0.4, -0.2) is 36.3 Å². The standard InChI is InChI=1S/C26H25N3O5S/c1-14-23-17(12-33-3)7-8-18(15(2)30)25(23)35-24(14)26(32)29-21-10-9-19-16(13-34-22(31)11-27)5-4-6-20(19)28-21/h4-10H,11-13,27H2,1-3H3,(H,28,29,32). The Morgan fingerprint density at radius 3 is 2.57 bits per heavy atom. The molecule has 0 saturated heterocycles. The normalized spacial score (nSPS) is 11.1. The molecule has 0 spiro atoms. The van der Waals surface area contributed by atoms with E-state index in [0.29, 0.717) is 28.4 Å². The van der Waals surface area contributed by atoms with Gasteiger partial charge in [-0.25, -0.2) is 4.98 Å². The van der Waals surface area contributed by atoms with Crippen molar-refractivity contribution in [3.8, 4) is 0 Å². The van der Waals surface area contributed by atoms with E-state index in [-0.39, 0.29) is 24.8 Å². The molecule has 2 aromatic carbocycles. The fraction of sp³-hybridized carbons (Fsp3) is 0.231. The molecule has 0 aliphatic rings. The summed E-state index contributed by atoms with van der Waals surface area (Å²) < 4.78 is 11.2. The average Bonchev–Trinajstić information content (AvgIpc) is 3.20. The molecule has 180 valence electrons. The van der Waals surface area contributed by atoms with E-state index < -0.39 is 5.97 Å². The second-order valence-corrected chi connectivity index (χ2v) is 9.04. The number of hydrogen-bond donors (Lipinski definition) is 2. The van der Waals surface area contributed by atoms with Gasteiger partial charge in [0, 0.05) is 28.1 Å². The smallest absolute Gasteiger partial charge is 0.320 e. The van der Waals surface area contributed by atoms with Crippen molar-refractivity contribution < 1.29 is 23.9 Å². The summed E-state index contributed by atoms with van der Waals surface area (Å²) in [6.45, 7) is 3.67. The molecule has 0 fully saturated rings. The van der Waals surface area contributed by atoms with Gasteiger partial charge in [-0.3, -0.25) is 14.4 Å². The zero-order valence-corrected chi connectivity index (χ0v) is 20.5. The van der Waals surface area contributed by atoms with E-state index in [9.17, 15) is 14.4 Å². The fourth-order valence-corrected chi connectivity index (χ4v) is 5.32. The number of esters is 1. The van der Waals surface area contributed by atoms with E-state index in [1.165, 1.54) is 18.3 Å². The molecular formula is C26H25N3O5S. The lowest BCUT2D eigenvalue weighted by Crippen LogP contribution is -2.16. The Morgan fingerprint density at radius 2 is 1.86 bits per heavy atom. The highest BCUT2D eigenvalue weighted by Crippen LogP contribution is 2.37. The minimum atomic E-state index is -0.487. The number of methoxy groups -OCH3 is 1. The summed E-state index contributed by atoms with van der Waals surface area (Å²) in [6, 6.07) is 12.7.